The molecule has 0 unspecified atom stereocenters. The highest BCUT2D eigenvalue weighted by atomic mass is 16.1. The van der Waals surface area contributed by atoms with Crippen LogP contribution >= 0.6 is 0 Å². The van der Waals surface area contributed by atoms with E-state index in [4.69, 9.17) is 5.73 Å². The maximum absolute atomic E-state index is 11.5. The van der Waals surface area contributed by atoms with Crippen molar-refractivity contribution in [3.63, 3.8) is 0 Å². The summed E-state index contributed by atoms with van der Waals surface area (Å²) in [5.74, 6) is 0.333. The van der Waals surface area contributed by atoms with Gasteiger partial charge in [-0.2, -0.15) is 0 Å². The first kappa shape index (κ1) is 11.5. The topological polar surface area (TPSA) is 58.9 Å². The van der Waals surface area contributed by atoms with Crippen LogP contribution in [0.3, 0.4) is 0 Å². The van der Waals surface area contributed by atoms with Gasteiger partial charge in [-0.25, -0.2) is 0 Å². The van der Waals surface area contributed by atoms with Gasteiger partial charge in [-0.05, 0) is 43.9 Å². The second kappa shape index (κ2) is 3.69. The zero-order chi connectivity index (χ0) is 12.9. The van der Waals surface area contributed by atoms with Crippen LogP contribution in [0, 0.1) is 5.92 Å². The summed E-state index contributed by atoms with van der Waals surface area (Å²) >= 11 is 0. The lowest BCUT2D eigenvalue weighted by Crippen LogP contribution is -2.48. The fourth-order valence-corrected chi connectivity index (χ4v) is 3.57. The molecule has 3 N–H and O–H groups in total. The summed E-state index contributed by atoms with van der Waals surface area (Å²) in [4.78, 5) is 14.4. The van der Waals surface area contributed by atoms with Gasteiger partial charge in [0.15, 0.2) is 0 Å². The van der Waals surface area contributed by atoms with E-state index < -0.39 is 5.54 Å². The van der Waals surface area contributed by atoms with Crippen LogP contribution in [0.5, 0.6) is 0 Å². The largest absolute Gasteiger partial charge is 0.326 e. The van der Waals surface area contributed by atoms with Gasteiger partial charge < -0.3 is 10.7 Å². The van der Waals surface area contributed by atoms with E-state index in [0.717, 1.165) is 24.1 Å². The summed E-state index contributed by atoms with van der Waals surface area (Å²) < 4.78 is 0. The molecular formula is C15H18N2O. The van der Waals surface area contributed by atoms with Crippen molar-refractivity contribution in [2.45, 2.75) is 32.2 Å². The quantitative estimate of drug-likeness (QED) is 0.684. The summed E-state index contributed by atoms with van der Waals surface area (Å²) in [5, 5.41) is 0. The van der Waals surface area contributed by atoms with Gasteiger partial charge >= 0.3 is 0 Å². The second-order valence-corrected chi connectivity index (χ2v) is 5.43. The molecule has 1 aromatic heterocycles. The van der Waals surface area contributed by atoms with Crippen LogP contribution in [0.2, 0.25) is 0 Å². The van der Waals surface area contributed by atoms with Crippen LogP contribution in [0.25, 0.3) is 0 Å². The molecule has 0 amide bonds. The Labute approximate surface area is 106 Å². The van der Waals surface area contributed by atoms with Crippen molar-refractivity contribution in [3.05, 3.63) is 57.0 Å². The van der Waals surface area contributed by atoms with E-state index in [9.17, 15) is 4.79 Å². The minimum absolute atomic E-state index is 0.0416. The number of rotatable bonds is 0. The number of pyridine rings is 1. The highest BCUT2D eigenvalue weighted by Crippen LogP contribution is 2.47. The second-order valence-electron chi connectivity index (χ2n) is 5.43. The van der Waals surface area contributed by atoms with Crippen LogP contribution in [-0.4, -0.2) is 4.98 Å². The molecule has 0 radical (unpaired) electrons. The molecule has 3 heteroatoms. The van der Waals surface area contributed by atoms with E-state index >= 15 is 0 Å². The van der Waals surface area contributed by atoms with Crippen LogP contribution in [0.15, 0.2) is 40.2 Å². The molecule has 2 atom stereocenters. The third kappa shape index (κ3) is 1.44. The number of aromatic amines is 1. The molecule has 0 aromatic carbocycles. The van der Waals surface area contributed by atoms with E-state index in [0.29, 0.717) is 5.92 Å². The minimum atomic E-state index is -0.434. The van der Waals surface area contributed by atoms with Gasteiger partial charge in [0.2, 0.25) is 5.56 Å². The average molecular weight is 242 g/mol. The summed E-state index contributed by atoms with van der Waals surface area (Å²) in [6, 6.07) is 3.47. The van der Waals surface area contributed by atoms with Gasteiger partial charge in [-0.15, -0.1) is 0 Å². The van der Waals surface area contributed by atoms with Gasteiger partial charge in [-0.1, -0.05) is 17.7 Å². The Balaban J connectivity index is 2.28. The molecule has 2 aliphatic rings. The number of hydrogen-bond acceptors (Lipinski definition) is 2. The Morgan fingerprint density at radius 2 is 2.28 bits per heavy atom. The van der Waals surface area contributed by atoms with Crippen LogP contribution in [0.1, 0.15) is 31.5 Å². The number of fused-ring (bicyclic) bond motifs is 4. The molecule has 0 saturated carbocycles. The standard InChI is InChI=1S/C15H18N2O/c1-3-11-10-6-9(2)8-15(11,16)12-4-5-14(18)17-13(12)7-10/h3-6,10H,7-8,16H2,1-2H3,(H,17,18)/t10-,15-/m0/s1. The molecule has 0 saturated heterocycles. The first-order valence-electron chi connectivity index (χ1n) is 6.40. The van der Waals surface area contributed by atoms with Gasteiger partial charge in [0.25, 0.3) is 0 Å². The van der Waals surface area contributed by atoms with Gasteiger partial charge in [0, 0.05) is 17.7 Å². The smallest absolute Gasteiger partial charge is 0.248 e. The molecule has 3 rings (SSSR count). The molecule has 18 heavy (non-hydrogen) atoms. The van der Waals surface area contributed by atoms with E-state index in [1.54, 1.807) is 6.07 Å². The van der Waals surface area contributed by atoms with E-state index in [1.165, 1.54) is 11.1 Å². The molecule has 3 nitrogen and oxygen atoms in total. The third-order valence-electron chi connectivity index (χ3n) is 4.17. The number of hydrogen-bond donors (Lipinski definition) is 2. The lowest BCUT2D eigenvalue weighted by atomic mass is 9.63. The monoisotopic (exact) mass is 242 g/mol. The molecule has 94 valence electrons. The predicted octanol–water partition coefficient (Wildman–Crippen LogP) is 2.00. The normalized spacial score (nSPS) is 32.1. The predicted molar refractivity (Wildman–Crippen MR) is 72.3 cm³/mol. The van der Waals surface area contributed by atoms with Crippen LogP contribution < -0.4 is 11.3 Å². The minimum Gasteiger partial charge on any atom is -0.326 e. The molecule has 1 heterocycles. The van der Waals surface area contributed by atoms with E-state index in [2.05, 4.69) is 31.0 Å². The molecule has 0 spiro atoms. The van der Waals surface area contributed by atoms with E-state index in [-0.39, 0.29) is 5.56 Å². The fraction of sp³-hybridized carbons (Fsp3) is 0.400. The van der Waals surface area contributed by atoms with Crippen molar-refractivity contribution in [3.8, 4) is 0 Å². The van der Waals surface area contributed by atoms with Crippen molar-refractivity contribution in [2.75, 3.05) is 0 Å². The number of aromatic nitrogens is 1. The highest BCUT2D eigenvalue weighted by molar-refractivity contribution is 5.48. The number of nitrogens with one attached hydrogen (secondary N) is 1. The van der Waals surface area contributed by atoms with Crippen LogP contribution in [0.4, 0.5) is 0 Å². The fourth-order valence-electron chi connectivity index (χ4n) is 3.57. The number of allylic oxidation sites excluding steroid dienone is 2. The van der Waals surface area contributed by atoms with Gasteiger partial charge in [-0.3, -0.25) is 4.79 Å². The molecule has 0 aliphatic heterocycles. The van der Waals surface area contributed by atoms with Crippen molar-refractivity contribution in [1.82, 2.24) is 4.98 Å². The lowest BCUT2D eigenvalue weighted by molar-refractivity contribution is 0.409. The summed E-state index contributed by atoms with van der Waals surface area (Å²) in [5.41, 5.74) is 10.9. The zero-order valence-electron chi connectivity index (χ0n) is 10.8. The molecule has 2 bridgehead atoms. The SMILES string of the molecule is CC=C1[C@H]2C=C(C)C[C@@]1(N)c1ccc(=O)[nH]c1C2. The van der Waals surface area contributed by atoms with Crippen molar-refractivity contribution in [1.29, 1.82) is 0 Å². The maximum Gasteiger partial charge on any atom is 0.248 e. The Bertz CT molecular complexity index is 624. The van der Waals surface area contributed by atoms with Gasteiger partial charge in [0.05, 0.1) is 5.54 Å². The first-order chi connectivity index (χ1) is 8.54. The Hall–Kier alpha value is -1.61. The summed E-state index contributed by atoms with van der Waals surface area (Å²) in [6.07, 6.45) is 6.11. The third-order valence-corrected chi connectivity index (χ3v) is 4.17. The maximum atomic E-state index is 11.5. The molecule has 1 aromatic rings. The highest BCUT2D eigenvalue weighted by Gasteiger charge is 2.43. The first-order valence-corrected chi connectivity index (χ1v) is 6.40. The van der Waals surface area contributed by atoms with Gasteiger partial charge in [0.1, 0.15) is 0 Å². The molecule has 0 fully saturated rings. The number of H-pyrrole nitrogens is 1. The van der Waals surface area contributed by atoms with Crippen molar-refractivity contribution < 1.29 is 0 Å². The summed E-state index contributed by atoms with van der Waals surface area (Å²) in [6.45, 7) is 4.19. The Morgan fingerprint density at radius 3 is 3.00 bits per heavy atom. The molecule has 2 aliphatic carbocycles. The van der Waals surface area contributed by atoms with Crippen molar-refractivity contribution >= 4 is 0 Å². The lowest BCUT2D eigenvalue weighted by Gasteiger charge is -2.45. The van der Waals surface area contributed by atoms with E-state index in [1.807, 2.05) is 6.07 Å². The average Bonchev–Trinajstić information content (AvgIpc) is 2.26. The molecular weight excluding hydrogens is 224 g/mol. The zero-order valence-corrected chi connectivity index (χ0v) is 10.8. The Kier molecular flexibility index (Phi) is 2.35. The summed E-state index contributed by atoms with van der Waals surface area (Å²) in [7, 11) is 0. The number of nitrogens with two attached hydrogens (primary N) is 1. The van der Waals surface area contributed by atoms with Crippen LogP contribution in [-0.2, 0) is 12.0 Å². The van der Waals surface area contributed by atoms with Crippen molar-refractivity contribution in [2.24, 2.45) is 11.7 Å². The Morgan fingerprint density at radius 1 is 1.50 bits per heavy atom.